The topological polar surface area (TPSA) is 18.5 Å². The molecule has 0 aromatic heterocycles. The van der Waals surface area contributed by atoms with Crippen molar-refractivity contribution in [2.75, 3.05) is 6.58 Å². The summed E-state index contributed by atoms with van der Waals surface area (Å²) < 4.78 is 7.09. The van der Waals surface area contributed by atoms with E-state index in [1.807, 2.05) is 20.3 Å². The molecule has 1 saturated heterocycles. The number of rotatable bonds is 1. The van der Waals surface area contributed by atoms with E-state index in [0.29, 0.717) is 0 Å². The zero-order chi connectivity index (χ0) is 6.20. The minimum atomic E-state index is -0.535. The predicted octanol–water partition coefficient (Wildman–Crippen LogP) is 0.929. The first-order valence-corrected chi connectivity index (χ1v) is 2.26. The molecule has 2 unspecified atom stereocenters. The molecule has 1 rings (SSSR count). The molecule has 2 atom stereocenters. The van der Waals surface area contributed by atoms with Crippen LogP contribution in [0.3, 0.4) is 0 Å². The molecule has 0 amide bonds. The van der Waals surface area contributed by atoms with Crippen molar-refractivity contribution in [3.05, 3.63) is 6.42 Å². The first-order valence-electron chi connectivity index (χ1n) is 2.84. The van der Waals surface area contributed by atoms with Crippen molar-refractivity contribution in [3.8, 4) is 0 Å². The van der Waals surface area contributed by atoms with Crippen LogP contribution >= 0.6 is 0 Å². The molecule has 2 nitrogen and oxygen atoms in total. The van der Waals surface area contributed by atoms with Gasteiger partial charge in [0, 0.05) is 38.3 Å². The molecule has 0 bridgehead atoms. The molecule has 1 fully saturated rings. The molecule has 1 radical (unpaired) electrons. The molecule has 45 valence electrons. The quantitative estimate of drug-likeness (QED) is 0.454. The van der Waals surface area contributed by atoms with Crippen molar-refractivity contribution in [2.45, 2.75) is 19.4 Å². The van der Waals surface area contributed by atoms with E-state index in [0.717, 1.165) is 0 Å². The van der Waals surface area contributed by atoms with Crippen molar-refractivity contribution in [2.24, 2.45) is 0 Å². The molecule has 1 aliphatic heterocycles. The SMILES string of the molecule is [3H]C1OOC1(C)[CH-]C.[Y]. The Kier molecular flexibility index (Phi) is 2.91. The maximum Gasteiger partial charge on any atom is 0.0859 e. The molecule has 1 heterocycles. The van der Waals surface area contributed by atoms with Crippen LogP contribution in [-0.2, 0) is 42.5 Å². The standard InChI is InChI=1S/C5H9O2.Y/c1-3-5(2)4-6-7-5;/h3H,4H2,1-2H3;/q-1;/i4T;. The predicted molar refractivity (Wildman–Crippen MR) is 25.4 cm³/mol. The molecule has 0 aliphatic carbocycles. The Morgan fingerprint density at radius 3 is 2.50 bits per heavy atom. The van der Waals surface area contributed by atoms with Gasteiger partial charge < -0.3 is 0 Å². The van der Waals surface area contributed by atoms with Crippen LogP contribution in [0.1, 0.15) is 15.2 Å². The van der Waals surface area contributed by atoms with Gasteiger partial charge in [-0.15, -0.1) is 0 Å². The average molecular weight is 192 g/mol. The van der Waals surface area contributed by atoms with E-state index in [9.17, 15) is 0 Å². The van der Waals surface area contributed by atoms with Gasteiger partial charge in [-0.1, -0.05) is 6.92 Å². The number of hydrogen-bond donors (Lipinski definition) is 0. The van der Waals surface area contributed by atoms with E-state index >= 15 is 0 Å². The third-order valence-electron chi connectivity index (χ3n) is 1.08. The first-order chi connectivity index (χ1) is 3.69. The van der Waals surface area contributed by atoms with Gasteiger partial charge in [-0.05, 0) is 0 Å². The summed E-state index contributed by atoms with van der Waals surface area (Å²) in [4.78, 5) is 9.01. The van der Waals surface area contributed by atoms with Crippen LogP contribution in [-0.4, -0.2) is 12.2 Å². The van der Waals surface area contributed by atoms with E-state index in [-0.39, 0.29) is 32.7 Å². The molecule has 0 spiro atoms. The summed E-state index contributed by atoms with van der Waals surface area (Å²) >= 11 is 0. The number of hydrogen-bond acceptors (Lipinski definition) is 2. The monoisotopic (exact) mass is 192 g/mol. The van der Waals surface area contributed by atoms with Crippen LogP contribution in [0.2, 0.25) is 0 Å². The third-order valence-corrected chi connectivity index (χ3v) is 1.08. The Bertz CT molecular complexity index is 97.0. The van der Waals surface area contributed by atoms with E-state index < -0.39 is 12.2 Å². The van der Waals surface area contributed by atoms with Gasteiger partial charge in [0.25, 0.3) is 0 Å². The van der Waals surface area contributed by atoms with Crippen molar-refractivity contribution in [3.63, 3.8) is 0 Å². The molecule has 0 saturated carbocycles. The minimum absolute atomic E-state index is 0. The van der Waals surface area contributed by atoms with Crippen LogP contribution in [0.4, 0.5) is 0 Å². The Hall–Kier alpha value is 1.02. The fraction of sp³-hybridized carbons (Fsp3) is 0.800. The van der Waals surface area contributed by atoms with E-state index in [1.54, 1.807) is 0 Å². The Balaban J connectivity index is 0.000000640. The summed E-state index contributed by atoms with van der Waals surface area (Å²) in [5.74, 6) is 0. The molecule has 0 aromatic rings. The minimum Gasteiger partial charge on any atom is -0.295 e. The maximum atomic E-state index is 7.09. The fourth-order valence-corrected chi connectivity index (χ4v) is 0.316. The molecular formula is C5H9O2Y-. The van der Waals surface area contributed by atoms with Gasteiger partial charge in [-0.2, -0.15) is 6.92 Å². The van der Waals surface area contributed by atoms with Crippen LogP contribution in [0.5, 0.6) is 0 Å². The largest absolute Gasteiger partial charge is 0.295 e. The summed E-state index contributed by atoms with van der Waals surface area (Å²) in [6.07, 6.45) is 1.81. The van der Waals surface area contributed by atoms with Crippen LogP contribution in [0.15, 0.2) is 0 Å². The van der Waals surface area contributed by atoms with Gasteiger partial charge >= 0.3 is 0 Å². The van der Waals surface area contributed by atoms with Crippen molar-refractivity contribution in [1.29, 1.82) is 0 Å². The summed E-state index contributed by atoms with van der Waals surface area (Å²) in [6.45, 7) is 3.13. The smallest absolute Gasteiger partial charge is 0.0859 e. The van der Waals surface area contributed by atoms with Gasteiger partial charge in [0.2, 0.25) is 0 Å². The normalized spacial score (nSPS) is 46.2. The van der Waals surface area contributed by atoms with Crippen molar-refractivity contribution in [1.82, 2.24) is 0 Å². The van der Waals surface area contributed by atoms with Gasteiger partial charge in [-0.25, -0.2) is 4.89 Å². The van der Waals surface area contributed by atoms with Crippen LogP contribution < -0.4 is 0 Å². The average Bonchev–Trinajstić information content (AvgIpc) is 1.83. The second-order valence-corrected chi connectivity index (χ2v) is 1.77. The first kappa shape index (κ1) is 7.13. The van der Waals surface area contributed by atoms with Crippen molar-refractivity contribution >= 4 is 0 Å². The summed E-state index contributed by atoms with van der Waals surface area (Å²) in [5.41, 5.74) is -0.458. The summed E-state index contributed by atoms with van der Waals surface area (Å²) in [6, 6.07) is 0. The van der Waals surface area contributed by atoms with Gasteiger partial charge in [0.1, 0.15) is 0 Å². The Morgan fingerprint density at radius 2 is 2.50 bits per heavy atom. The zero-order valence-electron chi connectivity index (χ0n) is 6.05. The van der Waals surface area contributed by atoms with E-state index in [1.165, 1.54) is 0 Å². The molecule has 3 heteroatoms. The second-order valence-electron chi connectivity index (χ2n) is 1.77. The van der Waals surface area contributed by atoms with Gasteiger partial charge in [0.05, 0.1) is 7.95 Å². The van der Waals surface area contributed by atoms with Crippen LogP contribution in [0.25, 0.3) is 0 Å². The summed E-state index contributed by atoms with van der Waals surface area (Å²) in [7, 11) is 0. The van der Waals surface area contributed by atoms with Crippen LogP contribution in [0, 0.1) is 6.42 Å². The molecule has 1 aliphatic rings. The molecular weight excluding hydrogens is 181 g/mol. The zero-order valence-corrected chi connectivity index (χ0v) is 7.89. The summed E-state index contributed by atoms with van der Waals surface area (Å²) in [5, 5.41) is 0. The maximum absolute atomic E-state index is 7.09. The van der Waals surface area contributed by atoms with Crippen molar-refractivity contribution < 1.29 is 43.9 Å². The third kappa shape index (κ3) is 1.76. The Labute approximate surface area is 76.1 Å². The molecule has 0 aromatic carbocycles. The van der Waals surface area contributed by atoms with E-state index in [2.05, 4.69) is 9.78 Å². The second kappa shape index (κ2) is 3.26. The van der Waals surface area contributed by atoms with E-state index in [4.69, 9.17) is 1.37 Å². The van der Waals surface area contributed by atoms with Gasteiger partial charge in [-0.3, -0.25) is 11.3 Å². The fourth-order valence-electron chi connectivity index (χ4n) is 0.316. The molecule has 8 heavy (non-hydrogen) atoms. The Morgan fingerprint density at radius 1 is 1.88 bits per heavy atom. The van der Waals surface area contributed by atoms with Gasteiger partial charge in [0.15, 0.2) is 0 Å². The molecule has 0 N–H and O–H groups in total.